The first-order valence-electron chi connectivity index (χ1n) is 8.18. The second kappa shape index (κ2) is 5.05. The number of amides is 1. The van der Waals surface area contributed by atoms with Gasteiger partial charge in [-0.05, 0) is 80.0 Å². The Balaban J connectivity index is 1.46. The topological polar surface area (TPSA) is 29.1 Å². The van der Waals surface area contributed by atoms with Gasteiger partial charge in [0.25, 0.3) is 0 Å². The molecule has 22 heavy (non-hydrogen) atoms. The van der Waals surface area contributed by atoms with Crippen LogP contribution in [0.1, 0.15) is 44.9 Å². The maximum atomic E-state index is 12.9. The third-order valence-electron chi connectivity index (χ3n) is 5.77. The fraction of sp³-hybridized carbons (Fsp3) is 0.611. The van der Waals surface area contributed by atoms with Gasteiger partial charge in [0.1, 0.15) is 5.82 Å². The van der Waals surface area contributed by atoms with Crippen molar-refractivity contribution in [1.82, 2.24) is 0 Å². The molecule has 4 atom stereocenters. The van der Waals surface area contributed by atoms with Crippen LogP contribution in [0, 0.1) is 23.1 Å². The molecule has 0 spiro atoms. The average Bonchev–Trinajstić information content (AvgIpc) is 2.37. The molecule has 5 rings (SSSR count). The van der Waals surface area contributed by atoms with Crippen molar-refractivity contribution in [1.29, 1.82) is 0 Å². The summed E-state index contributed by atoms with van der Waals surface area (Å²) < 4.78 is 13.2. The Morgan fingerprint density at radius 1 is 1.18 bits per heavy atom. The van der Waals surface area contributed by atoms with Crippen LogP contribution in [-0.2, 0) is 4.79 Å². The molecule has 0 radical (unpaired) electrons. The fourth-order valence-electron chi connectivity index (χ4n) is 5.62. The van der Waals surface area contributed by atoms with Crippen LogP contribution in [0.5, 0.6) is 0 Å². The number of halogens is 2. The number of benzene rings is 1. The molecule has 4 bridgehead atoms. The lowest BCUT2D eigenvalue weighted by Gasteiger charge is -2.60. The zero-order valence-electron chi connectivity index (χ0n) is 12.6. The Bertz CT molecular complexity index is 586. The van der Waals surface area contributed by atoms with Crippen LogP contribution in [0.4, 0.5) is 10.1 Å². The predicted octanol–water partition coefficient (Wildman–Crippen LogP) is 4.89. The summed E-state index contributed by atoms with van der Waals surface area (Å²) in [5.74, 6) is 1.38. The molecule has 4 aliphatic rings. The minimum Gasteiger partial charge on any atom is -0.326 e. The highest BCUT2D eigenvalue weighted by molar-refractivity contribution is 9.10. The van der Waals surface area contributed by atoms with Crippen LogP contribution in [0.25, 0.3) is 0 Å². The molecule has 4 saturated carbocycles. The van der Waals surface area contributed by atoms with Gasteiger partial charge < -0.3 is 5.32 Å². The van der Waals surface area contributed by atoms with E-state index in [0.29, 0.717) is 12.1 Å². The van der Waals surface area contributed by atoms with Crippen LogP contribution in [0.3, 0.4) is 0 Å². The number of carbonyl (C=O) groups is 1. The number of hydrogen-bond donors (Lipinski definition) is 1. The first-order chi connectivity index (χ1) is 10.4. The van der Waals surface area contributed by atoms with E-state index in [1.54, 1.807) is 12.1 Å². The monoisotopic (exact) mass is 365 g/mol. The summed E-state index contributed by atoms with van der Waals surface area (Å²) in [6.45, 7) is 0. The van der Waals surface area contributed by atoms with Gasteiger partial charge in [-0.15, -0.1) is 0 Å². The average molecular weight is 366 g/mol. The van der Waals surface area contributed by atoms with E-state index in [1.165, 1.54) is 44.2 Å². The minimum atomic E-state index is -0.277. The molecule has 0 aromatic heterocycles. The first kappa shape index (κ1) is 14.7. The largest absolute Gasteiger partial charge is 0.326 e. The summed E-state index contributed by atoms with van der Waals surface area (Å²) in [6, 6.07) is 6.01. The zero-order chi connectivity index (χ0) is 15.4. The summed E-state index contributed by atoms with van der Waals surface area (Å²) in [4.78, 5) is 12.5. The van der Waals surface area contributed by atoms with Crippen molar-refractivity contribution in [2.75, 3.05) is 5.32 Å². The summed E-state index contributed by atoms with van der Waals surface area (Å²) in [7, 11) is 0. The molecule has 0 aliphatic heterocycles. The molecule has 1 amide bonds. The smallest absolute Gasteiger partial charge is 0.224 e. The molecule has 1 aromatic carbocycles. The Morgan fingerprint density at radius 3 is 2.41 bits per heavy atom. The van der Waals surface area contributed by atoms with E-state index in [1.807, 2.05) is 0 Å². The van der Waals surface area contributed by atoms with Crippen molar-refractivity contribution in [2.24, 2.45) is 17.3 Å². The van der Waals surface area contributed by atoms with Gasteiger partial charge in [-0.3, -0.25) is 4.79 Å². The molecular weight excluding hydrogens is 345 g/mol. The fourth-order valence-corrected chi connectivity index (χ4v) is 7.13. The van der Waals surface area contributed by atoms with Gasteiger partial charge in [0.05, 0.1) is 0 Å². The SMILES string of the molecule is O=C(CC12C[C@@H]3C[C@@H](CC(Br)(C3)C1)C2)Nc1ccc(F)cc1. The second-order valence-corrected chi connectivity index (χ2v) is 9.53. The molecule has 2 unspecified atom stereocenters. The van der Waals surface area contributed by atoms with Crippen molar-refractivity contribution in [2.45, 2.75) is 49.3 Å². The lowest BCUT2D eigenvalue weighted by Crippen LogP contribution is -2.53. The molecule has 1 N–H and O–H groups in total. The molecular formula is C18H21BrFNO. The highest BCUT2D eigenvalue weighted by Gasteiger charge is 2.57. The third-order valence-corrected chi connectivity index (χ3v) is 6.70. The molecule has 4 heteroatoms. The van der Waals surface area contributed by atoms with Crippen molar-refractivity contribution in [3.05, 3.63) is 30.1 Å². The molecule has 4 aliphatic carbocycles. The molecule has 2 nitrogen and oxygen atoms in total. The number of carbonyl (C=O) groups excluding carboxylic acids is 1. The first-order valence-corrected chi connectivity index (χ1v) is 8.97. The van der Waals surface area contributed by atoms with E-state index in [2.05, 4.69) is 21.2 Å². The number of alkyl halides is 1. The van der Waals surface area contributed by atoms with Gasteiger partial charge in [0.15, 0.2) is 0 Å². The van der Waals surface area contributed by atoms with E-state index in [-0.39, 0.29) is 21.5 Å². The number of rotatable bonds is 3. The number of nitrogens with one attached hydrogen (secondary N) is 1. The van der Waals surface area contributed by atoms with E-state index in [0.717, 1.165) is 18.3 Å². The van der Waals surface area contributed by atoms with Crippen molar-refractivity contribution in [3.8, 4) is 0 Å². The van der Waals surface area contributed by atoms with E-state index < -0.39 is 0 Å². The van der Waals surface area contributed by atoms with Crippen LogP contribution >= 0.6 is 15.9 Å². The van der Waals surface area contributed by atoms with E-state index in [4.69, 9.17) is 0 Å². The zero-order valence-corrected chi connectivity index (χ0v) is 14.2. The van der Waals surface area contributed by atoms with Crippen molar-refractivity contribution >= 4 is 27.5 Å². The van der Waals surface area contributed by atoms with Gasteiger partial charge in [-0.1, -0.05) is 15.9 Å². The van der Waals surface area contributed by atoms with Crippen LogP contribution < -0.4 is 5.32 Å². The Labute approximate surface area is 139 Å². The van der Waals surface area contributed by atoms with Crippen LogP contribution in [-0.4, -0.2) is 10.2 Å². The highest BCUT2D eigenvalue weighted by Crippen LogP contribution is 2.65. The Kier molecular flexibility index (Phi) is 3.37. The second-order valence-electron chi connectivity index (χ2n) is 7.84. The maximum absolute atomic E-state index is 12.9. The third kappa shape index (κ3) is 2.70. The molecule has 0 saturated heterocycles. The number of anilines is 1. The summed E-state index contributed by atoms with van der Waals surface area (Å²) in [5, 5.41) is 2.94. The van der Waals surface area contributed by atoms with Crippen molar-refractivity contribution < 1.29 is 9.18 Å². The predicted molar refractivity (Wildman–Crippen MR) is 88.4 cm³/mol. The van der Waals surface area contributed by atoms with Crippen LogP contribution in [0.2, 0.25) is 0 Å². The summed E-state index contributed by atoms with van der Waals surface area (Å²) in [6.07, 6.45) is 8.06. The van der Waals surface area contributed by atoms with Crippen molar-refractivity contribution in [3.63, 3.8) is 0 Å². The highest BCUT2D eigenvalue weighted by atomic mass is 79.9. The van der Waals surface area contributed by atoms with Gasteiger partial charge in [0, 0.05) is 16.4 Å². The standard InChI is InChI=1S/C18H21BrFNO/c19-18-8-12-5-13(9-18)7-17(6-12,11-18)10-16(22)21-15-3-1-14(20)2-4-15/h1-4,12-13H,5-11H2,(H,21,22)/t12-,13+,17?,18?. The van der Waals surface area contributed by atoms with E-state index >= 15 is 0 Å². The quantitative estimate of drug-likeness (QED) is 0.759. The summed E-state index contributed by atoms with van der Waals surface area (Å²) >= 11 is 3.98. The summed E-state index contributed by atoms with van der Waals surface area (Å²) in [5.41, 5.74) is 0.863. The van der Waals surface area contributed by atoms with Gasteiger partial charge in [0.2, 0.25) is 5.91 Å². The number of hydrogen-bond acceptors (Lipinski definition) is 1. The molecule has 1 aromatic rings. The van der Waals surface area contributed by atoms with Gasteiger partial charge in [-0.25, -0.2) is 4.39 Å². The lowest BCUT2D eigenvalue weighted by molar-refractivity contribution is -0.123. The maximum Gasteiger partial charge on any atom is 0.224 e. The van der Waals surface area contributed by atoms with E-state index in [9.17, 15) is 9.18 Å². The molecule has 4 fully saturated rings. The van der Waals surface area contributed by atoms with Gasteiger partial charge >= 0.3 is 0 Å². The normalized spacial score (nSPS) is 39.0. The molecule has 118 valence electrons. The molecule has 0 heterocycles. The van der Waals surface area contributed by atoms with Crippen LogP contribution in [0.15, 0.2) is 24.3 Å². The van der Waals surface area contributed by atoms with Gasteiger partial charge in [-0.2, -0.15) is 0 Å². The Morgan fingerprint density at radius 2 is 1.82 bits per heavy atom. The minimum absolute atomic E-state index is 0.0738. The lowest BCUT2D eigenvalue weighted by atomic mass is 9.48. The Hall–Kier alpha value is -0.900.